The number of ether oxygens (including phenoxy) is 1. The van der Waals surface area contributed by atoms with Crippen molar-refractivity contribution in [2.24, 2.45) is 0 Å². The highest BCUT2D eigenvalue weighted by Crippen LogP contribution is 2.36. The number of anilines is 3. The van der Waals surface area contributed by atoms with Crippen LogP contribution in [0.25, 0.3) is 0 Å². The van der Waals surface area contributed by atoms with E-state index in [0.29, 0.717) is 45.2 Å². The fraction of sp³-hybridized carbons (Fsp3) is 0.476. The van der Waals surface area contributed by atoms with Crippen LogP contribution >= 0.6 is 11.6 Å². The summed E-state index contributed by atoms with van der Waals surface area (Å²) in [5.41, 5.74) is -0.942. The van der Waals surface area contributed by atoms with E-state index in [1.54, 1.807) is 4.90 Å². The largest absolute Gasteiger partial charge is 0.417 e. The molecule has 1 N–H and O–H groups in total. The second-order valence-corrected chi connectivity index (χ2v) is 8.23. The van der Waals surface area contributed by atoms with Crippen molar-refractivity contribution in [1.29, 1.82) is 0 Å². The normalized spacial score (nSPS) is 17.3. The van der Waals surface area contributed by atoms with E-state index in [1.807, 2.05) is 13.0 Å². The second kappa shape index (κ2) is 9.60. The number of benzene rings is 1. The predicted octanol–water partition coefficient (Wildman–Crippen LogP) is 3.65. The second-order valence-electron chi connectivity index (χ2n) is 7.83. The molecule has 2 saturated heterocycles. The Bertz CT molecular complexity index is 1010. The SMILES string of the molecule is Cc1nc(N2CCOCC2)cc(N2CCN(C(=O)Nc3ccc(Cl)c(C(F)(F)F)c3)CC2)n1. The van der Waals surface area contributed by atoms with E-state index in [0.717, 1.165) is 36.9 Å². The van der Waals surface area contributed by atoms with E-state index >= 15 is 0 Å². The highest BCUT2D eigenvalue weighted by molar-refractivity contribution is 6.31. The monoisotopic (exact) mass is 484 g/mol. The number of hydrogen-bond donors (Lipinski definition) is 1. The maximum Gasteiger partial charge on any atom is 0.417 e. The molecule has 0 atom stereocenters. The molecule has 178 valence electrons. The van der Waals surface area contributed by atoms with Crippen LogP contribution in [0.4, 0.5) is 35.3 Å². The fourth-order valence-corrected chi connectivity index (χ4v) is 4.04. The quantitative estimate of drug-likeness (QED) is 0.717. The van der Waals surface area contributed by atoms with Crippen molar-refractivity contribution in [3.05, 3.63) is 40.7 Å². The van der Waals surface area contributed by atoms with Crippen molar-refractivity contribution in [3.8, 4) is 0 Å². The Kier molecular flexibility index (Phi) is 6.80. The van der Waals surface area contributed by atoms with E-state index in [9.17, 15) is 18.0 Å². The van der Waals surface area contributed by atoms with Gasteiger partial charge in [-0.1, -0.05) is 11.6 Å². The van der Waals surface area contributed by atoms with Gasteiger partial charge in [-0.15, -0.1) is 0 Å². The number of nitrogens with zero attached hydrogens (tertiary/aromatic N) is 5. The number of urea groups is 1. The van der Waals surface area contributed by atoms with Crippen LogP contribution in [0.5, 0.6) is 0 Å². The van der Waals surface area contributed by atoms with Gasteiger partial charge in [0.15, 0.2) is 0 Å². The minimum Gasteiger partial charge on any atom is -0.378 e. The predicted molar refractivity (Wildman–Crippen MR) is 119 cm³/mol. The first-order valence-corrected chi connectivity index (χ1v) is 10.9. The lowest BCUT2D eigenvalue weighted by atomic mass is 10.2. The molecule has 12 heteroatoms. The molecule has 0 radical (unpaired) electrons. The Morgan fingerprint density at radius 2 is 1.61 bits per heavy atom. The molecule has 2 aliphatic rings. The standard InChI is InChI=1S/C21H24ClF3N6O2/c1-14-26-18(13-19(27-14)30-8-10-33-11-9-30)29-4-6-31(7-5-29)20(32)28-15-2-3-17(22)16(12-15)21(23,24)25/h2-3,12-13H,4-11H2,1H3,(H,28,32). The molecule has 1 aromatic heterocycles. The van der Waals surface area contributed by atoms with Crippen molar-refractivity contribution in [2.75, 3.05) is 67.6 Å². The minimum absolute atomic E-state index is 0.0423. The lowest BCUT2D eigenvalue weighted by Gasteiger charge is -2.36. The van der Waals surface area contributed by atoms with Crippen LogP contribution in [-0.4, -0.2) is 73.4 Å². The topological polar surface area (TPSA) is 73.8 Å². The first-order chi connectivity index (χ1) is 15.7. The zero-order valence-corrected chi connectivity index (χ0v) is 18.8. The third kappa shape index (κ3) is 5.59. The van der Waals surface area contributed by atoms with E-state index in [4.69, 9.17) is 16.3 Å². The number of halogens is 4. The van der Waals surface area contributed by atoms with Gasteiger partial charge in [0.2, 0.25) is 0 Å². The molecular weight excluding hydrogens is 461 g/mol. The van der Waals surface area contributed by atoms with E-state index in [-0.39, 0.29) is 5.69 Å². The Hall–Kier alpha value is -2.79. The Morgan fingerprint density at radius 1 is 1.00 bits per heavy atom. The van der Waals surface area contributed by atoms with Crippen LogP contribution in [0.15, 0.2) is 24.3 Å². The van der Waals surface area contributed by atoms with E-state index < -0.39 is 22.8 Å². The summed E-state index contributed by atoms with van der Waals surface area (Å²) < 4.78 is 44.6. The maximum atomic E-state index is 13.1. The van der Waals surface area contributed by atoms with Crippen molar-refractivity contribution >= 4 is 35.0 Å². The molecule has 2 amide bonds. The molecule has 0 spiro atoms. The summed E-state index contributed by atoms with van der Waals surface area (Å²) in [7, 11) is 0. The average molecular weight is 485 g/mol. The Labute approximate surface area is 194 Å². The smallest absolute Gasteiger partial charge is 0.378 e. The first-order valence-electron chi connectivity index (χ1n) is 10.6. The number of nitrogens with one attached hydrogen (secondary N) is 1. The molecule has 33 heavy (non-hydrogen) atoms. The molecule has 1 aromatic carbocycles. The summed E-state index contributed by atoms with van der Waals surface area (Å²) in [6.07, 6.45) is -4.60. The van der Waals surface area contributed by atoms with Crippen LogP contribution in [0.2, 0.25) is 5.02 Å². The van der Waals surface area contributed by atoms with Crippen molar-refractivity contribution < 1.29 is 22.7 Å². The van der Waals surface area contributed by atoms with E-state index in [1.165, 1.54) is 6.07 Å². The zero-order valence-electron chi connectivity index (χ0n) is 18.0. The van der Waals surface area contributed by atoms with Crippen LogP contribution in [0, 0.1) is 6.92 Å². The van der Waals surface area contributed by atoms with Crippen molar-refractivity contribution in [2.45, 2.75) is 13.1 Å². The third-order valence-corrected chi connectivity index (χ3v) is 5.89. The van der Waals surface area contributed by atoms with Gasteiger partial charge in [-0.25, -0.2) is 14.8 Å². The lowest BCUT2D eigenvalue weighted by molar-refractivity contribution is -0.137. The molecule has 0 unspecified atom stereocenters. The molecule has 3 heterocycles. The van der Waals surface area contributed by atoms with E-state index in [2.05, 4.69) is 25.1 Å². The van der Waals surface area contributed by atoms with Gasteiger partial charge in [-0.3, -0.25) is 0 Å². The third-order valence-electron chi connectivity index (χ3n) is 5.56. The van der Waals surface area contributed by atoms with Crippen molar-refractivity contribution in [1.82, 2.24) is 14.9 Å². The summed E-state index contributed by atoms with van der Waals surface area (Å²) in [6.45, 7) is 6.59. The number of carbonyl (C=O) groups excluding carboxylic acids is 1. The van der Waals surface area contributed by atoms with Crippen LogP contribution < -0.4 is 15.1 Å². The number of alkyl halides is 3. The molecule has 8 nitrogen and oxygen atoms in total. The van der Waals surface area contributed by atoms with Crippen LogP contribution in [0.3, 0.4) is 0 Å². The molecule has 2 aliphatic heterocycles. The number of piperazine rings is 1. The van der Waals surface area contributed by atoms with Gasteiger partial charge in [-0.2, -0.15) is 13.2 Å². The summed E-state index contributed by atoms with van der Waals surface area (Å²) in [5.74, 6) is 2.30. The highest BCUT2D eigenvalue weighted by Gasteiger charge is 2.33. The molecule has 2 aromatic rings. The molecule has 2 fully saturated rings. The number of rotatable bonds is 3. The van der Waals surface area contributed by atoms with Crippen molar-refractivity contribution in [3.63, 3.8) is 0 Å². The number of hydrogen-bond acceptors (Lipinski definition) is 6. The van der Waals surface area contributed by atoms with Gasteiger partial charge in [0, 0.05) is 51.0 Å². The van der Waals surface area contributed by atoms with Gasteiger partial charge in [0.05, 0.1) is 23.8 Å². The number of aromatic nitrogens is 2. The Morgan fingerprint density at radius 3 is 2.21 bits per heavy atom. The Balaban J connectivity index is 1.38. The fourth-order valence-electron chi connectivity index (χ4n) is 3.81. The summed E-state index contributed by atoms with van der Waals surface area (Å²) in [4.78, 5) is 27.5. The number of aryl methyl sites for hydroxylation is 1. The van der Waals surface area contributed by atoms with Gasteiger partial charge in [0.25, 0.3) is 0 Å². The molecule has 0 bridgehead atoms. The molecule has 0 saturated carbocycles. The molecule has 4 rings (SSSR count). The van der Waals surface area contributed by atoms with Gasteiger partial charge in [0.1, 0.15) is 17.5 Å². The number of carbonyl (C=O) groups is 1. The maximum absolute atomic E-state index is 13.1. The summed E-state index contributed by atoms with van der Waals surface area (Å²) >= 11 is 5.64. The number of amides is 2. The zero-order chi connectivity index (χ0) is 23.6. The average Bonchev–Trinajstić information content (AvgIpc) is 2.80. The van der Waals surface area contributed by atoms with Gasteiger partial charge < -0.3 is 24.8 Å². The van der Waals surface area contributed by atoms with Gasteiger partial charge in [-0.05, 0) is 25.1 Å². The highest BCUT2D eigenvalue weighted by atomic mass is 35.5. The summed E-state index contributed by atoms with van der Waals surface area (Å²) in [5, 5.41) is 2.12. The first kappa shape index (κ1) is 23.4. The molecule has 0 aliphatic carbocycles. The number of morpholine rings is 1. The van der Waals surface area contributed by atoms with Gasteiger partial charge >= 0.3 is 12.2 Å². The lowest BCUT2D eigenvalue weighted by Crippen LogP contribution is -2.50. The van der Waals surface area contributed by atoms with Crippen LogP contribution in [0.1, 0.15) is 11.4 Å². The molecular formula is C21H24ClF3N6O2. The van der Waals surface area contributed by atoms with Crippen LogP contribution in [-0.2, 0) is 10.9 Å². The minimum atomic E-state index is -4.60. The summed E-state index contributed by atoms with van der Waals surface area (Å²) in [6, 6.07) is 4.80.